The van der Waals surface area contributed by atoms with Gasteiger partial charge in [-0.05, 0) is 49.6 Å². The highest BCUT2D eigenvalue weighted by molar-refractivity contribution is 7.99. The highest BCUT2D eigenvalue weighted by Crippen LogP contribution is 2.41. The lowest BCUT2D eigenvalue weighted by atomic mass is 10.0. The van der Waals surface area contributed by atoms with E-state index in [1.54, 1.807) is 36.3 Å². The average Bonchev–Trinajstić information content (AvgIpc) is 3.51. The molecule has 2 atom stereocenters. The van der Waals surface area contributed by atoms with Crippen LogP contribution >= 0.6 is 11.8 Å². The number of para-hydroxylation sites is 1. The molecule has 0 amide bonds. The lowest BCUT2D eigenvalue weighted by molar-refractivity contribution is -0.137. The number of anilines is 1. The van der Waals surface area contributed by atoms with Crippen LogP contribution in [0.4, 0.5) is 18.9 Å². The molecule has 34 heavy (non-hydrogen) atoms. The number of fused-ring (bicyclic) bond motifs is 1. The van der Waals surface area contributed by atoms with Gasteiger partial charge in [-0.15, -0.1) is 10.2 Å². The van der Waals surface area contributed by atoms with Crippen molar-refractivity contribution in [3.63, 3.8) is 0 Å². The van der Waals surface area contributed by atoms with Crippen molar-refractivity contribution in [2.75, 3.05) is 36.8 Å². The molecule has 6 nitrogen and oxygen atoms in total. The molecule has 5 rings (SSSR count). The first-order chi connectivity index (χ1) is 16.4. The fourth-order valence-corrected chi connectivity index (χ4v) is 5.97. The van der Waals surface area contributed by atoms with E-state index < -0.39 is 11.7 Å². The van der Waals surface area contributed by atoms with Crippen molar-refractivity contribution < 1.29 is 13.2 Å². The number of thioether (sulfide) groups is 1. The van der Waals surface area contributed by atoms with Gasteiger partial charge in [0.25, 0.3) is 0 Å². The van der Waals surface area contributed by atoms with Crippen molar-refractivity contribution in [1.82, 2.24) is 24.6 Å². The van der Waals surface area contributed by atoms with Gasteiger partial charge in [-0.1, -0.05) is 23.9 Å². The van der Waals surface area contributed by atoms with Crippen molar-refractivity contribution in [3.05, 3.63) is 54.4 Å². The summed E-state index contributed by atoms with van der Waals surface area (Å²) in [6, 6.07) is 9.97. The van der Waals surface area contributed by atoms with Crippen molar-refractivity contribution in [2.24, 2.45) is 13.0 Å². The quantitative estimate of drug-likeness (QED) is 0.358. The zero-order valence-corrected chi connectivity index (χ0v) is 19.8. The molecule has 0 radical (unpaired) electrons. The Morgan fingerprint density at radius 2 is 1.94 bits per heavy atom. The molecule has 2 saturated heterocycles. The molecular weight excluding hydrogens is 461 g/mol. The van der Waals surface area contributed by atoms with E-state index in [4.69, 9.17) is 0 Å². The number of hydrogen-bond acceptors (Lipinski definition) is 6. The van der Waals surface area contributed by atoms with Gasteiger partial charge in [0.1, 0.15) is 0 Å². The van der Waals surface area contributed by atoms with E-state index in [2.05, 4.69) is 20.1 Å². The second kappa shape index (κ2) is 9.58. The van der Waals surface area contributed by atoms with Crippen LogP contribution in [0.5, 0.6) is 0 Å². The zero-order chi connectivity index (χ0) is 23.7. The summed E-state index contributed by atoms with van der Waals surface area (Å²) in [5.41, 5.74) is 0.732. The van der Waals surface area contributed by atoms with Crippen LogP contribution in [0.2, 0.25) is 0 Å². The topological polar surface area (TPSA) is 50.1 Å². The Hall–Kier alpha value is -2.59. The van der Waals surface area contributed by atoms with Crippen LogP contribution in [0.3, 0.4) is 0 Å². The maximum atomic E-state index is 13.5. The van der Waals surface area contributed by atoms with Crippen molar-refractivity contribution >= 4 is 17.4 Å². The van der Waals surface area contributed by atoms with Crippen molar-refractivity contribution in [3.8, 4) is 11.4 Å². The van der Waals surface area contributed by atoms with Gasteiger partial charge in [0, 0.05) is 62.1 Å². The molecule has 0 bridgehead atoms. The maximum absolute atomic E-state index is 13.5. The lowest BCUT2D eigenvalue weighted by Gasteiger charge is -2.29. The molecule has 180 valence electrons. The van der Waals surface area contributed by atoms with Gasteiger partial charge in [0.2, 0.25) is 0 Å². The molecule has 2 aliphatic rings. The van der Waals surface area contributed by atoms with Crippen molar-refractivity contribution in [2.45, 2.75) is 30.2 Å². The van der Waals surface area contributed by atoms with Crippen LogP contribution in [-0.2, 0) is 13.2 Å². The molecule has 0 N–H and O–H groups in total. The Morgan fingerprint density at radius 1 is 1.09 bits per heavy atom. The molecule has 2 aliphatic heterocycles. The SMILES string of the molecule is Cn1c(SCCCN2CC3CCN(c4ccccc4C(F)(F)F)[C@@H]3C2)nnc1-c1cccnc1. The summed E-state index contributed by atoms with van der Waals surface area (Å²) in [7, 11) is 1.96. The fourth-order valence-electron chi connectivity index (χ4n) is 5.13. The van der Waals surface area contributed by atoms with E-state index in [9.17, 15) is 13.2 Å². The minimum atomic E-state index is -4.33. The molecule has 2 fully saturated rings. The normalized spacial score (nSPS) is 20.8. The smallest absolute Gasteiger partial charge is 0.366 e. The number of pyridine rings is 1. The monoisotopic (exact) mass is 488 g/mol. The summed E-state index contributed by atoms with van der Waals surface area (Å²) in [5, 5.41) is 9.48. The predicted molar refractivity (Wildman–Crippen MR) is 127 cm³/mol. The zero-order valence-electron chi connectivity index (χ0n) is 18.9. The molecule has 4 heterocycles. The first kappa shape index (κ1) is 23.2. The van der Waals surface area contributed by atoms with Gasteiger partial charge in [0.05, 0.1) is 5.56 Å². The van der Waals surface area contributed by atoms with E-state index >= 15 is 0 Å². The summed E-state index contributed by atoms with van der Waals surface area (Å²) < 4.78 is 42.6. The molecule has 3 aromatic rings. The number of aromatic nitrogens is 4. The molecule has 1 aromatic carbocycles. The van der Waals surface area contributed by atoms with Gasteiger partial charge in [-0.2, -0.15) is 13.2 Å². The second-order valence-electron chi connectivity index (χ2n) is 8.89. The van der Waals surface area contributed by atoms with E-state index in [1.165, 1.54) is 12.1 Å². The van der Waals surface area contributed by atoms with Crippen LogP contribution in [-0.4, -0.2) is 62.6 Å². The van der Waals surface area contributed by atoms with E-state index in [-0.39, 0.29) is 6.04 Å². The van der Waals surface area contributed by atoms with Crippen LogP contribution in [0.25, 0.3) is 11.4 Å². The maximum Gasteiger partial charge on any atom is 0.418 e. The number of hydrogen-bond donors (Lipinski definition) is 0. The first-order valence-electron chi connectivity index (χ1n) is 11.5. The van der Waals surface area contributed by atoms with E-state index in [0.29, 0.717) is 18.2 Å². The van der Waals surface area contributed by atoms with Crippen LogP contribution < -0.4 is 4.90 Å². The van der Waals surface area contributed by atoms with Crippen molar-refractivity contribution in [1.29, 1.82) is 0 Å². The summed E-state index contributed by atoms with van der Waals surface area (Å²) in [6.07, 6.45) is 1.10. The fraction of sp³-hybridized carbons (Fsp3) is 0.458. The molecule has 0 saturated carbocycles. The van der Waals surface area contributed by atoms with Gasteiger partial charge >= 0.3 is 6.18 Å². The number of rotatable bonds is 7. The Balaban J connectivity index is 1.15. The average molecular weight is 489 g/mol. The van der Waals surface area contributed by atoms with Gasteiger partial charge in [-0.3, -0.25) is 4.98 Å². The summed E-state index contributed by atoms with van der Waals surface area (Å²) in [5.74, 6) is 2.13. The van der Waals surface area contributed by atoms with Crippen LogP contribution in [0.1, 0.15) is 18.4 Å². The first-order valence-corrected chi connectivity index (χ1v) is 12.5. The van der Waals surface area contributed by atoms with Gasteiger partial charge in [-0.25, -0.2) is 0 Å². The van der Waals surface area contributed by atoms with Gasteiger partial charge in [0.15, 0.2) is 11.0 Å². The summed E-state index contributed by atoms with van der Waals surface area (Å²) >= 11 is 1.68. The summed E-state index contributed by atoms with van der Waals surface area (Å²) in [6.45, 7) is 3.39. The van der Waals surface area contributed by atoms with Gasteiger partial charge < -0.3 is 14.4 Å². The van der Waals surface area contributed by atoms with Crippen LogP contribution in [0.15, 0.2) is 53.9 Å². The minimum absolute atomic E-state index is 0.150. The molecule has 10 heteroatoms. The number of alkyl halides is 3. The highest BCUT2D eigenvalue weighted by atomic mass is 32.2. The number of benzene rings is 1. The van der Waals surface area contributed by atoms with Crippen LogP contribution in [0, 0.1) is 5.92 Å². The predicted octanol–water partition coefficient (Wildman–Crippen LogP) is 4.59. The van der Waals surface area contributed by atoms with E-state index in [0.717, 1.165) is 54.8 Å². The molecule has 0 spiro atoms. The highest BCUT2D eigenvalue weighted by Gasteiger charge is 2.44. The number of halogens is 3. The molecule has 1 unspecified atom stereocenters. The Bertz CT molecular complexity index is 1120. The molecule has 0 aliphatic carbocycles. The Morgan fingerprint density at radius 3 is 2.74 bits per heavy atom. The second-order valence-corrected chi connectivity index (χ2v) is 9.95. The third-order valence-corrected chi connectivity index (χ3v) is 7.85. The molecular formula is C24H27F3N6S. The third-order valence-electron chi connectivity index (χ3n) is 6.75. The summed E-state index contributed by atoms with van der Waals surface area (Å²) in [4.78, 5) is 8.53. The molecule has 2 aromatic heterocycles. The van der Waals surface area contributed by atoms with E-state index in [1.807, 2.05) is 28.6 Å². The number of nitrogens with zero attached hydrogens (tertiary/aromatic N) is 6. The number of likely N-dealkylation sites (tertiary alicyclic amines) is 1. The largest absolute Gasteiger partial charge is 0.418 e. The Kier molecular flexibility index (Phi) is 6.52. The Labute approximate surface area is 201 Å². The minimum Gasteiger partial charge on any atom is -0.366 e. The lowest BCUT2D eigenvalue weighted by Crippen LogP contribution is -2.36. The standard InChI is InChI=1S/C24H27F3N6S/c1-31-22(17-6-4-10-28-14-17)29-30-23(31)34-13-5-11-32-15-18-9-12-33(21(18)16-32)20-8-3-2-7-19(20)24(25,26)27/h2-4,6-8,10,14,18,21H,5,9,11-13,15-16H2,1H3/t18?,21-/m1/s1. The third kappa shape index (κ3) is 4.65.